The number of fused-ring (bicyclic) bond motifs is 1. The summed E-state index contributed by atoms with van der Waals surface area (Å²) in [4.78, 5) is 18.5. The first-order chi connectivity index (χ1) is 13.1. The molecule has 1 aliphatic rings. The third kappa shape index (κ3) is 4.17. The van der Waals surface area contributed by atoms with E-state index in [4.69, 9.17) is 4.98 Å². The van der Waals surface area contributed by atoms with E-state index in [9.17, 15) is 9.18 Å². The fourth-order valence-electron chi connectivity index (χ4n) is 3.69. The molecule has 2 heterocycles. The summed E-state index contributed by atoms with van der Waals surface area (Å²) in [5, 5.41) is 4.00. The molecule has 0 bridgehead atoms. The van der Waals surface area contributed by atoms with Crippen LogP contribution in [-0.2, 0) is 4.79 Å². The molecule has 2 atom stereocenters. The highest BCUT2D eigenvalue weighted by molar-refractivity contribution is 7.18. The van der Waals surface area contributed by atoms with Crippen molar-refractivity contribution in [3.63, 3.8) is 0 Å². The Morgan fingerprint density at radius 1 is 1.33 bits per heavy atom. The lowest BCUT2D eigenvalue weighted by atomic mass is 9.99. The zero-order chi connectivity index (χ0) is 18.8. The molecule has 4 rings (SSSR count). The second-order valence-corrected chi connectivity index (χ2v) is 8.31. The van der Waals surface area contributed by atoms with E-state index in [0.29, 0.717) is 23.7 Å². The third-order valence-corrected chi connectivity index (χ3v) is 6.34. The number of aromatic nitrogens is 1. The number of quaternary nitrogens is 1. The summed E-state index contributed by atoms with van der Waals surface area (Å²) in [6.45, 7) is 4.00. The molecule has 0 aliphatic carbocycles. The second-order valence-electron chi connectivity index (χ2n) is 7.25. The molecule has 1 aliphatic heterocycles. The fourth-order valence-corrected chi connectivity index (χ4v) is 4.79. The quantitative estimate of drug-likeness (QED) is 0.726. The summed E-state index contributed by atoms with van der Waals surface area (Å²) in [6, 6.07) is 13.0. The van der Waals surface area contributed by atoms with Gasteiger partial charge in [-0.1, -0.05) is 18.2 Å². The van der Waals surface area contributed by atoms with Crippen molar-refractivity contribution in [2.45, 2.75) is 25.7 Å². The van der Waals surface area contributed by atoms with E-state index in [1.807, 2.05) is 12.1 Å². The monoisotopic (exact) mass is 384 g/mol. The van der Waals surface area contributed by atoms with Crippen molar-refractivity contribution in [3.05, 3.63) is 58.9 Å². The number of nitrogens with zero attached hydrogens (tertiary/aromatic N) is 1. The van der Waals surface area contributed by atoms with E-state index in [1.165, 1.54) is 20.7 Å². The normalized spacial score (nSPS) is 19.9. The van der Waals surface area contributed by atoms with Gasteiger partial charge in [0.2, 0.25) is 0 Å². The average molecular weight is 385 g/mol. The molecule has 2 N–H and O–H groups in total. The van der Waals surface area contributed by atoms with Crippen molar-refractivity contribution in [2.24, 2.45) is 0 Å². The van der Waals surface area contributed by atoms with Crippen molar-refractivity contribution < 1.29 is 14.1 Å². The SMILES string of the molecule is Cc1ccc(NC(=O)C[NH+]2CCC[C@H](c3nc4ccccc4s3)C2)cc1F. The number of nitrogens with one attached hydrogen (secondary N) is 2. The lowest BCUT2D eigenvalue weighted by Crippen LogP contribution is -3.14. The Hall–Kier alpha value is -2.31. The van der Waals surface area contributed by atoms with Crippen LogP contribution in [0, 0.1) is 12.7 Å². The van der Waals surface area contributed by atoms with Crippen LogP contribution in [0.3, 0.4) is 0 Å². The molecule has 0 radical (unpaired) electrons. The maximum absolute atomic E-state index is 13.7. The predicted octanol–water partition coefficient (Wildman–Crippen LogP) is 3.14. The van der Waals surface area contributed by atoms with Crippen LogP contribution in [0.5, 0.6) is 0 Å². The van der Waals surface area contributed by atoms with Crippen molar-refractivity contribution in [1.29, 1.82) is 0 Å². The highest BCUT2D eigenvalue weighted by atomic mass is 32.1. The number of thiazole rings is 1. The topological polar surface area (TPSA) is 46.4 Å². The number of carbonyl (C=O) groups excluding carboxylic acids is 1. The lowest BCUT2D eigenvalue weighted by molar-refractivity contribution is -0.898. The molecule has 27 heavy (non-hydrogen) atoms. The molecule has 1 fully saturated rings. The van der Waals surface area contributed by atoms with Gasteiger partial charge in [-0.25, -0.2) is 9.37 Å². The zero-order valence-electron chi connectivity index (χ0n) is 15.3. The summed E-state index contributed by atoms with van der Waals surface area (Å²) in [5.74, 6) is 0.0305. The van der Waals surface area contributed by atoms with Crippen molar-refractivity contribution in [1.82, 2.24) is 4.98 Å². The van der Waals surface area contributed by atoms with Crippen molar-refractivity contribution in [2.75, 3.05) is 25.0 Å². The highest BCUT2D eigenvalue weighted by Crippen LogP contribution is 2.30. The van der Waals surface area contributed by atoms with Crippen LogP contribution in [0.1, 0.15) is 29.3 Å². The molecular formula is C21H23FN3OS+. The van der Waals surface area contributed by atoms with E-state index in [1.54, 1.807) is 30.4 Å². The van der Waals surface area contributed by atoms with Crippen LogP contribution >= 0.6 is 11.3 Å². The summed E-state index contributed by atoms with van der Waals surface area (Å²) >= 11 is 1.76. The number of benzene rings is 2. The van der Waals surface area contributed by atoms with Gasteiger partial charge in [-0.2, -0.15) is 0 Å². The van der Waals surface area contributed by atoms with Gasteiger partial charge >= 0.3 is 0 Å². The summed E-state index contributed by atoms with van der Waals surface area (Å²) < 4.78 is 14.9. The summed E-state index contributed by atoms with van der Waals surface area (Å²) in [5.41, 5.74) is 2.15. The number of aryl methyl sites for hydroxylation is 1. The number of rotatable bonds is 4. The van der Waals surface area contributed by atoms with E-state index < -0.39 is 0 Å². The van der Waals surface area contributed by atoms with Crippen LogP contribution in [0.4, 0.5) is 10.1 Å². The number of carbonyl (C=O) groups is 1. The average Bonchev–Trinajstić information content (AvgIpc) is 3.09. The maximum atomic E-state index is 13.7. The fraction of sp³-hybridized carbons (Fsp3) is 0.333. The molecule has 1 unspecified atom stereocenters. The Balaban J connectivity index is 1.39. The molecule has 6 heteroatoms. The Morgan fingerprint density at radius 3 is 3.00 bits per heavy atom. The van der Waals surface area contributed by atoms with Crippen molar-refractivity contribution in [3.8, 4) is 0 Å². The van der Waals surface area contributed by atoms with Gasteiger partial charge < -0.3 is 10.2 Å². The number of piperidine rings is 1. The minimum absolute atomic E-state index is 0.0711. The van der Waals surface area contributed by atoms with Crippen molar-refractivity contribution >= 4 is 33.1 Å². The highest BCUT2D eigenvalue weighted by Gasteiger charge is 2.28. The Kier molecular flexibility index (Phi) is 5.18. The number of amides is 1. The number of halogens is 1. The molecule has 1 aromatic heterocycles. The van der Waals surface area contributed by atoms with Gasteiger partial charge in [0.1, 0.15) is 10.8 Å². The van der Waals surface area contributed by atoms with E-state index in [-0.39, 0.29) is 11.7 Å². The molecule has 0 spiro atoms. The summed E-state index contributed by atoms with van der Waals surface area (Å²) in [6.07, 6.45) is 2.20. The molecule has 1 saturated heterocycles. The van der Waals surface area contributed by atoms with E-state index in [0.717, 1.165) is 31.4 Å². The first-order valence-electron chi connectivity index (χ1n) is 9.33. The van der Waals surface area contributed by atoms with Crippen LogP contribution in [0.25, 0.3) is 10.2 Å². The Labute approximate surface area is 162 Å². The standard InChI is InChI=1S/C21H22FN3OS/c1-14-8-9-16(11-17(14)22)23-20(26)13-25-10-4-5-15(12-25)21-24-18-6-2-3-7-19(18)27-21/h2-3,6-9,11,15H,4-5,10,12-13H2,1H3,(H,23,26)/p+1/t15-/m0/s1. The minimum Gasteiger partial charge on any atom is -0.327 e. The molecule has 3 aromatic rings. The van der Waals surface area contributed by atoms with Crippen LogP contribution < -0.4 is 10.2 Å². The molecule has 4 nitrogen and oxygen atoms in total. The molecule has 2 aromatic carbocycles. The largest absolute Gasteiger partial charge is 0.327 e. The first-order valence-corrected chi connectivity index (χ1v) is 10.1. The van der Waals surface area contributed by atoms with Gasteiger partial charge in [-0.05, 0) is 49.6 Å². The second kappa shape index (κ2) is 7.74. The van der Waals surface area contributed by atoms with E-state index in [2.05, 4.69) is 17.4 Å². The maximum Gasteiger partial charge on any atom is 0.279 e. The van der Waals surface area contributed by atoms with Gasteiger partial charge in [-0.15, -0.1) is 11.3 Å². The minimum atomic E-state index is -0.297. The predicted molar refractivity (Wildman–Crippen MR) is 107 cm³/mol. The Morgan fingerprint density at radius 2 is 2.19 bits per heavy atom. The van der Waals surface area contributed by atoms with Gasteiger partial charge in [0.25, 0.3) is 5.91 Å². The van der Waals surface area contributed by atoms with E-state index >= 15 is 0 Å². The Bertz CT molecular complexity index is 938. The third-order valence-electron chi connectivity index (χ3n) is 5.14. The molecule has 1 amide bonds. The van der Waals surface area contributed by atoms with Crippen LogP contribution in [0.2, 0.25) is 0 Å². The number of likely N-dealkylation sites (tertiary alicyclic amines) is 1. The smallest absolute Gasteiger partial charge is 0.279 e. The number of anilines is 1. The van der Waals surface area contributed by atoms with Gasteiger partial charge in [0, 0.05) is 5.69 Å². The van der Waals surface area contributed by atoms with Gasteiger partial charge in [0.15, 0.2) is 6.54 Å². The van der Waals surface area contributed by atoms with Crippen LogP contribution in [-0.4, -0.2) is 30.5 Å². The number of hydrogen-bond donors (Lipinski definition) is 2. The molecular weight excluding hydrogens is 361 g/mol. The lowest BCUT2D eigenvalue weighted by Gasteiger charge is -2.28. The summed E-state index contributed by atoms with van der Waals surface area (Å²) in [7, 11) is 0. The van der Waals surface area contributed by atoms with Gasteiger partial charge in [-0.3, -0.25) is 4.79 Å². The molecule has 0 saturated carbocycles. The first kappa shape index (κ1) is 18.1. The zero-order valence-corrected chi connectivity index (χ0v) is 16.1. The number of hydrogen-bond acceptors (Lipinski definition) is 3. The molecule has 140 valence electrons. The van der Waals surface area contributed by atoms with Crippen LogP contribution in [0.15, 0.2) is 42.5 Å². The number of para-hydroxylation sites is 1. The van der Waals surface area contributed by atoms with Gasteiger partial charge in [0.05, 0.1) is 29.2 Å².